The second kappa shape index (κ2) is 7.04. The summed E-state index contributed by atoms with van der Waals surface area (Å²) in [6.45, 7) is 5.46. The van der Waals surface area contributed by atoms with Crippen LogP contribution < -0.4 is 5.32 Å². The number of rotatable bonds is 4. The summed E-state index contributed by atoms with van der Waals surface area (Å²) in [6.07, 6.45) is 6.55. The van der Waals surface area contributed by atoms with Crippen LogP contribution in [-0.2, 0) is 6.54 Å². The summed E-state index contributed by atoms with van der Waals surface area (Å²) in [6, 6.07) is 7.51. The summed E-state index contributed by atoms with van der Waals surface area (Å²) in [7, 11) is 0. The van der Waals surface area contributed by atoms with Crippen LogP contribution in [0.25, 0.3) is 0 Å². The van der Waals surface area contributed by atoms with Gasteiger partial charge in [0.05, 0.1) is 0 Å². The third-order valence-electron chi connectivity index (χ3n) is 4.44. The molecule has 0 heterocycles. The molecule has 0 spiro atoms. The van der Waals surface area contributed by atoms with Gasteiger partial charge in [0.2, 0.25) is 0 Å². The normalized spacial score (nSPS) is 24.4. The molecule has 106 valence electrons. The Morgan fingerprint density at radius 2 is 2.05 bits per heavy atom. The van der Waals surface area contributed by atoms with Gasteiger partial charge in [0.15, 0.2) is 0 Å². The minimum absolute atomic E-state index is 0.139. The zero-order chi connectivity index (χ0) is 13.7. The smallest absolute Gasteiger partial charge is 0.123 e. The maximum atomic E-state index is 13.1. The highest BCUT2D eigenvalue weighted by Crippen LogP contribution is 2.28. The number of nitrogens with one attached hydrogen (secondary N) is 1. The van der Waals surface area contributed by atoms with Gasteiger partial charge in [-0.05, 0) is 48.8 Å². The molecule has 0 saturated heterocycles. The Labute approximate surface area is 116 Å². The second-order valence-corrected chi connectivity index (χ2v) is 6.22. The Morgan fingerprint density at radius 1 is 1.21 bits per heavy atom. The molecule has 1 saturated carbocycles. The number of hydrogen-bond donors (Lipinski definition) is 1. The molecular formula is C17H26FN. The molecule has 2 rings (SSSR count). The van der Waals surface area contributed by atoms with Crippen molar-refractivity contribution in [3.05, 3.63) is 35.6 Å². The van der Waals surface area contributed by atoms with Crippen molar-refractivity contribution >= 4 is 0 Å². The van der Waals surface area contributed by atoms with Gasteiger partial charge in [0, 0.05) is 12.6 Å². The summed E-state index contributed by atoms with van der Waals surface area (Å²) < 4.78 is 13.1. The number of benzene rings is 1. The van der Waals surface area contributed by atoms with E-state index < -0.39 is 0 Å². The summed E-state index contributed by atoms with van der Waals surface area (Å²) in [4.78, 5) is 0. The predicted molar refractivity (Wildman–Crippen MR) is 78.4 cm³/mol. The van der Waals surface area contributed by atoms with Gasteiger partial charge in [-0.15, -0.1) is 0 Å². The van der Waals surface area contributed by atoms with E-state index in [1.165, 1.54) is 38.2 Å². The highest BCUT2D eigenvalue weighted by Gasteiger charge is 2.20. The van der Waals surface area contributed by atoms with Crippen LogP contribution in [0.1, 0.15) is 51.5 Å². The number of halogens is 1. The fraction of sp³-hybridized carbons (Fsp3) is 0.647. The van der Waals surface area contributed by atoms with E-state index in [2.05, 4.69) is 19.2 Å². The first-order chi connectivity index (χ1) is 9.15. The first-order valence-corrected chi connectivity index (χ1v) is 7.63. The van der Waals surface area contributed by atoms with E-state index in [0.717, 1.165) is 23.9 Å². The van der Waals surface area contributed by atoms with Crippen molar-refractivity contribution in [3.63, 3.8) is 0 Å². The van der Waals surface area contributed by atoms with E-state index in [-0.39, 0.29) is 5.82 Å². The van der Waals surface area contributed by atoms with Crippen LogP contribution in [0.3, 0.4) is 0 Å². The molecule has 0 aliphatic heterocycles. The predicted octanol–water partition coefficient (Wildman–Crippen LogP) is 4.52. The Morgan fingerprint density at radius 3 is 2.79 bits per heavy atom. The maximum absolute atomic E-state index is 13.1. The summed E-state index contributed by atoms with van der Waals surface area (Å²) in [5, 5.41) is 3.60. The Balaban J connectivity index is 1.80. The molecule has 1 nitrogen and oxygen atoms in total. The highest BCUT2D eigenvalue weighted by atomic mass is 19.1. The third kappa shape index (κ3) is 4.61. The summed E-state index contributed by atoms with van der Waals surface area (Å²) in [5.74, 6) is 1.56. The Bertz CT molecular complexity index is 389. The molecular weight excluding hydrogens is 237 g/mol. The van der Waals surface area contributed by atoms with Gasteiger partial charge in [-0.1, -0.05) is 38.8 Å². The zero-order valence-corrected chi connectivity index (χ0v) is 12.2. The summed E-state index contributed by atoms with van der Waals surface area (Å²) >= 11 is 0. The second-order valence-electron chi connectivity index (χ2n) is 6.22. The fourth-order valence-corrected chi connectivity index (χ4v) is 3.11. The molecule has 2 atom stereocenters. The molecule has 0 aromatic heterocycles. The van der Waals surface area contributed by atoms with Crippen LogP contribution in [0.5, 0.6) is 0 Å². The van der Waals surface area contributed by atoms with E-state index >= 15 is 0 Å². The van der Waals surface area contributed by atoms with Gasteiger partial charge in [0.25, 0.3) is 0 Å². The Kier molecular flexibility index (Phi) is 5.38. The van der Waals surface area contributed by atoms with Crippen LogP contribution in [0.15, 0.2) is 24.3 Å². The van der Waals surface area contributed by atoms with Crippen molar-refractivity contribution in [3.8, 4) is 0 Å². The molecule has 19 heavy (non-hydrogen) atoms. The molecule has 2 heteroatoms. The highest BCUT2D eigenvalue weighted by molar-refractivity contribution is 5.16. The molecule has 1 aliphatic rings. The minimum Gasteiger partial charge on any atom is -0.310 e. The fourth-order valence-electron chi connectivity index (χ4n) is 3.11. The standard InChI is InChI=1S/C17H26FN/c1-13(2)15-6-4-8-17(10-9-15)19-12-14-5-3-7-16(18)11-14/h3,5,7,11,13,15,17,19H,4,6,8-10,12H2,1-2H3. The first kappa shape index (κ1) is 14.5. The Hall–Kier alpha value is -0.890. The quantitative estimate of drug-likeness (QED) is 0.788. The van der Waals surface area contributed by atoms with Crippen LogP contribution in [0.4, 0.5) is 4.39 Å². The molecule has 0 radical (unpaired) electrons. The van der Waals surface area contributed by atoms with Crippen molar-refractivity contribution < 1.29 is 4.39 Å². The van der Waals surface area contributed by atoms with Gasteiger partial charge in [-0.3, -0.25) is 0 Å². The lowest BCUT2D eigenvalue weighted by Crippen LogP contribution is -2.28. The van der Waals surface area contributed by atoms with Crippen LogP contribution >= 0.6 is 0 Å². The van der Waals surface area contributed by atoms with Crippen molar-refractivity contribution in [2.24, 2.45) is 11.8 Å². The average Bonchev–Trinajstić information content (AvgIpc) is 2.62. The van der Waals surface area contributed by atoms with Crippen molar-refractivity contribution in [1.82, 2.24) is 5.32 Å². The first-order valence-electron chi connectivity index (χ1n) is 7.63. The molecule has 2 unspecified atom stereocenters. The van der Waals surface area contributed by atoms with Crippen molar-refractivity contribution in [2.75, 3.05) is 0 Å². The van der Waals surface area contributed by atoms with E-state index in [9.17, 15) is 4.39 Å². The SMILES string of the molecule is CC(C)C1CCCC(NCc2cccc(F)c2)CC1. The lowest BCUT2D eigenvalue weighted by Gasteiger charge is -2.19. The zero-order valence-electron chi connectivity index (χ0n) is 12.2. The third-order valence-corrected chi connectivity index (χ3v) is 4.44. The van der Waals surface area contributed by atoms with Gasteiger partial charge in [-0.2, -0.15) is 0 Å². The van der Waals surface area contributed by atoms with Crippen LogP contribution in [0.2, 0.25) is 0 Å². The van der Waals surface area contributed by atoms with Gasteiger partial charge >= 0.3 is 0 Å². The van der Waals surface area contributed by atoms with E-state index in [0.29, 0.717) is 6.04 Å². The van der Waals surface area contributed by atoms with E-state index in [1.807, 2.05) is 6.07 Å². The monoisotopic (exact) mass is 263 g/mol. The lowest BCUT2D eigenvalue weighted by atomic mass is 9.89. The molecule has 1 fully saturated rings. The maximum Gasteiger partial charge on any atom is 0.123 e. The van der Waals surface area contributed by atoms with Crippen LogP contribution in [0, 0.1) is 17.7 Å². The lowest BCUT2D eigenvalue weighted by molar-refractivity contribution is 0.337. The van der Waals surface area contributed by atoms with Crippen LogP contribution in [-0.4, -0.2) is 6.04 Å². The topological polar surface area (TPSA) is 12.0 Å². The molecule has 0 amide bonds. The number of hydrogen-bond acceptors (Lipinski definition) is 1. The largest absolute Gasteiger partial charge is 0.310 e. The van der Waals surface area contributed by atoms with Gasteiger partial charge in [0.1, 0.15) is 5.82 Å². The average molecular weight is 263 g/mol. The molecule has 1 N–H and O–H groups in total. The van der Waals surface area contributed by atoms with Crippen molar-refractivity contribution in [2.45, 2.75) is 58.5 Å². The van der Waals surface area contributed by atoms with E-state index in [1.54, 1.807) is 12.1 Å². The summed E-state index contributed by atoms with van der Waals surface area (Å²) in [5.41, 5.74) is 1.05. The van der Waals surface area contributed by atoms with Gasteiger partial charge < -0.3 is 5.32 Å². The van der Waals surface area contributed by atoms with Crippen molar-refractivity contribution in [1.29, 1.82) is 0 Å². The minimum atomic E-state index is -0.139. The van der Waals surface area contributed by atoms with Gasteiger partial charge in [-0.25, -0.2) is 4.39 Å². The molecule has 1 aromatic rings. The molecule has 0 bridgehead atoms. The molecule has 1 aliphatic carbocycles. The molecule has 1 aromatic carbocycles. The van der Waals surface area contributed by atoms with E-state index in [4.69, 9.17) is 0 Å².